The Morgan fingerprint density at radius 2 is 2.23 bits per heavy atom. The molecule has 13 heavy (non-hydrogen) atoms. The van der Waals surface area contributed by atoms with E-state index in [1.165, 1.54) is 11.3 Å². The maximum atomic E-state index is 8.99. The molecule has 1 atom stereocenters. The molecule has 0 aromatic heterocycles. The number of hydrogen-bond acceptors (Lipinski definition) is 3. The van der Waals surface area contributed by atoms with Gasteiger partial charge in [-0.3, -0.25) is 0 Å². The normalized spacial score (nSPS) is 21.5. The molecule has 3 N–H and O–H groups in total. The first-order chi connectivity index (χ1) is 6.40. The largest absolute Gasteiger partial charge is 0.395 e. The number of benzene rings is 1. The lowest BCUT2D eigenvalue weighted by molar-refractivity contribution is 0.248. The zero-order valence-corrected chi connectivity index (χ0v) is 7.46. The molecule has 1 heterocycles. The van der Waals surface area contributed by atoms with Gasteiger partial charge < -0.3 is 15.7 Å². The van der Waals surface area contributed by atoms with E-state index in [9.17, 15) is 0 Å². The molecule has 3 heteroatoms. The summed E-state index contributed by atoms with van der Waals surface area (Å²) < 4.78 is 0. The molecule has 0 radical (unpaired) electrons. The van der Waals surface area contributed by atoms with Gasteiger partial charge in [0, 0.05) is 24.8 Å². The quantitative estimate of drug-likeness (QED) is 0.589. The van der Waals surface area contributed by atoms with Crippen LogP contribution < -0.4 is 10.6 Å². The van der Waals surface area contributed by atoms with Gasteiger partial charge in [-0.05, 0) is 11.6 Å². The summed E-state index contributed by atoms with van der Waals surface area (Å²) in [5.41, 5.74) is 2.43. The van der Waals surface area contributed by atoms with Crippen molar-refractivity contribution in [1.82, 2.24) is 5.32 Å². The first-order valence-electron chi connectivity index (χ1n) is 4.56. The predicted molar refractivity (Wildman–Crippen MR) is 52.6 cm³/mol. The van der Waals surface area contributed by atoms with E-state index in [-0.39, 0.29) is 12.6 Å². The first kappa shape index (κ1) is 8.53. The standard InChI is InChI=1S/C10H14N2O/c13-7-9-6-12-10-4-2-1-3-8(10)5-11-9/h1-4,9,11-13H,5-7H2. The highest BCUT2D eigenvalue weighted by Gasteiger charge is 2.12. The molecule has 1 aliphatic rings. The van der Waals surface area contributed by atoms with E-state index in [4.69, 9.17) is 5.11 Å². The van der Waals surface area contributed by atoms with Crippen LogP contribution in [0.4, 0.5) is 5.69 Å². The highest BCUT2D eigenvalue weighted by molar-refractivity contribution is 5.51. The maximum Gasteiger partial charge on any atom is 0.0601 e. The van der Waals surface area contributed by atoms with Gasteiger partial charge in [0.05, 0.1) is 6.61 Å². The van der Waals surface area contributed by atoms with Crippen molar-refractivity contribution in [3.8, 4) is 0 Å². The molecular formula is C10H14N2O. The third-order valence-corrected chi connectivity index (χ3v) is 2.36. The molecule has 0 amide bonds. The van der Waals surface area contributed by atoms with Crippen LogP contribution in [-0.2, 0) is 6.54 Å². The van der Waals surface area contributed by atoms with E-state index < -0.39 is 0 Å². The van der Waals surface area contributed by atoms with Gasteiger partial charge in [-0.15, -0.1) is 0 Å². The van der Waals surface area contributed by atoms with E-state index in [2.05, 4.69) is 22.8 Å². The Labute approximate surface area is 77.8 Å². The molecular weight excluding hydrogens is 164 g/mol. The SMILES string of the molecule is OCC1CNc2ccccc2CN1. The Morgan fingerprint density at radius 1 is 1.38 bits per heavy atom. The van der Waals surface area contributed by atoms with Crippen LogP contribution in [0.1, 0.15) is 5.56 Å². The third kappa shape index (κ3) is 1.82. The van der Waals surface area contributed by atoms with Crippen LogP contribution in [0.2, 0.25) is 0 Å². The van der Waals surface area contributed by atoms with E-state index in [0.29, 0.717) is 0 Å². The zero-order chi connectivity index (χ0) is 9.10. The lowest BCUT2D eigenvalue weighted by atomic mass is 10.2. The summed E-state index contributed by atoms with van der Waals surface area (Å²) in [6, 6.07) is 8.37. The lowest BCUT2D eigenvalue weighted by Crippen LogP contribution is -2.35. The Balaban J connectivity index is 2.17. The predicted octanol–water partition coefficient (Wildman–Crippen LogP) is 0.563. The average molecular weight is 178 g/mol. The van der Waals surface area contributed by atoms with Crippen LogP contribution in [0.3, 0.4) is 0 Å². The van der Waals surface area contributed by atoms with Crippen LogP contribution in [0.25, 0.3) is 0 Å². The van der Waals surface area contributed by atoms with Gasteiger partial charge in [0.1, 0.15) is 0 Å². The fraction of sp³-hybridized carbons (Fsp3) is 0.400. The molecule has 1 unspecified atom stereocenters. The van der Waals surface area contributed by atoms with Gasteiger partial charge in [-0.25, -0.2) is 0 Å². The fourth-order valence-corrected chi connectivity index (χ4v) is 1.54. The van der Waals surface area contributed by atoms with E-state index >= 15 is 0 Å². The van der Waals surface area contributed by atoms with E-state index in [0.717, 1.165) is 13.1 Å². The Morgan fingerprint density at radius 3 is 3.08 bits per heavy atom. The summed E-state index contributed by atoms with van der Waals surface area (Å²) in [6.07, 6.45) is 0. The molecule has 70 valence electrons. The topological polar surface area (TPSA) is 44.3 Å². The highest BCUT2D eigenvalue weighted by Crippen LogP contribution is 2.16. The summed E-state index contributed by atoms with van der Waals surface area (Å²) in [7, 11) is 0. The average Bonchev–Trinajstić information content (AvgIpc) is 2.39. The minimum atomic E-state index is 0.160. The number of para-hydroxylation sites is 1. The Kier molecular flexibility index (Phi) is 2.47. The van der Waals surface area contributed by atoms with Crippen LogP contribution in [0.5, 0.6) is 0 Å². The lowest BCUT2D eigenvalue weighted by Gasteiger charge is -2.11. The van der Waals surface area contributed by atoms with Crippen molar-refractivity contribution in [1.29, 1.82) is 0 Å². The molecule has 0 fully saturated rings. The molecule has 2 rings (SSSR count). The van der Waals surface area contributed by atoms with Gasteiger partial charge in [0.25, 0.3) is 0 Å². The van der Waals surface area contributed by atoms with Crippen LogP contribution in [0, 0.1) is 0 Å². The van der Waals surface area contributed by atoms with Gasteiger partial charge in [-0.2, -0.15) is 0 Å². The summed E-state index contributed by atoms with van der Waals surface area (Å²) in [6.45, 7) is 1.79. The molecule has 0 aliphatic carbocycles. The Hall–Kier alpha value is -1.06. The monoisotopic (exact) mass is 178 g/mol. The molecule has 0 saturated carbocycles. The first-order valence-corrected chi connectivity index (χ1v) is 4.56. The molecule has 0 saturated heterocycles. The smallest absolute Gasteiger partial charge is 0.0601 e. The molecule has 0 spiro atoms. The second-order valence-electron chi connectivity index (χ2n) is 3.30. The maximum absolute atomic E-state index is 8.99. The van der Waals surface area contributed by atoms with Crippen LogP contribution in [0.15, 0.2) is 24.3 Å². The summed E-state index contributed by atoms with van der Waals surface area (Å²) >= 11 is 0. The summed E-state index contributed by atoms with van der Waals surface area (Å²) in [5, 5.41) is 15.6. The number of anilines is 1. The molecule has 0 bridgehead atoms. The molecule has 1 aliphatic heterocycles. The highest BCUT2D eigenvalue weighted by atomic mass is 16.3. The third-order valence-electron chi connectivity index (χ3n) is 2.36. The number of hydrogen-bond donors (Lipinski definition) is 3. The van der Waals surface area contributed by atoms with Crippen LogP contribution >= 0.6 is 0 Å². The van der Waals surface area contributed by atoms with Gasteiger partial charge in [-0.1, -0.05) is 18.2 Å². The molecule has 1 aromatic carbocycles. The van der Waals surface area contributed by atoms with Crippen LogP contribution in [-0.4, -0.2) is 24.3 Å². The number of aliphatic hydroxyl groups is 1. The van der Waals surface area contributed by atoms with Gasteiger partial charge in [0.2, 0.25) is 0 Å². The van der Waals surface area contributed by atoms with Crippen molar-refractivity contribution < 1.29 is 5.11 Å². The van der Waals surface area contributed by atoms with Gasteiger partial charge in [0.15, 0.2) is 0 Å². The second kappa shape index (κ2) is 3.77. The van der Waals surface area contributed by atoms with Crippen molar-refractivity contribution in [3.05, 3.63) is 29.8 Å². The summed E-state index contributed by atoms with van der Waals surface area (Å²) in [5.74, 6) is 0. The zero-order valence-electron chi connectivity index (χ0n) is 7.46. The second-order valence-corrected chi connectivity index (χ2v) is 3.30. The minimum absolute atomic E-state index is 0.160. The number of rotatable bonds is 1. The molecule has 1 aromatic rings. The Bertz CT molecular complexity index is 261. The minimum Gasteiger partial charge on any atom is -0.395 e. The van der Waals surface area contributed by atoms with Crippen molar-refractivity contribution in [2.45, 2.75) is 12.6 Å². The van der Waals surface area contributed by atoms with Crippen molar-refractivity contribution >= 4 is 5.69 Å². The number of nitrogens with one attached hydrogen (secondary N) is 2. The van der Waals surface area contributed by atoms with Crippen molar-refractivity contribution in [3.63, 3.8) is 0 Å². The van der Waals surface area contributed by atoms with E-state index in [1.807, 2.05) is 12.1 Å². The number of aliphatic hydroxyl groups excluding tert-OH is 1. The van der Waals surface area contributed by atoms with Gasteiger partial charge >= 0.3 is 0 Å². The number of fused-ring (bicyclic) bond motifs is 1. The van der Waals surface area contributed by atoms with Crippen molar-refractivity contribution in [2.75, 3.05) is 18.5 Å². The fourth-order valence-electron chi connectivity index (χ4n) is 1.54. The summed E-state index contributed by atoms with van der Waals surface area (Å²) in [4.78, 5) is 0. The molecule has 3 nitrogen and oxygen atoms in total. The van der Waals surface area contributed by atoms with E-state index in [1.54, 1.807) is 0 Å². The van der Waals surface area contributed by atoms with Crippen molar-refractivity contribution in [2.24, 2.45) is 0 Å².